The van der Waals surface area contributed by atoms with E-state index in [1.54, 1.807) is 29.0 Å². The minimum absolute atomic E-state index is 0.148. The summed E-state index contributed by atoms with van der Waals surface area (Å²) in [5.41, 5.74) is 1.63. The molecule has 0 spiro atoms. The quantitative estimate of drug-likeness (QED) is 0.498. The molecular formula is C31H29N3O4. The highest BCUT2D eigenvalue weighted by atomic mass is 16.2. The fraction of sp³-hybridized carbons (Fsp3) is 0.290. The summed E-state index contributed by atoms with van der Waals surface area (Å²) >= 11 is 0. The van der Waals surface area contributed by atoms with Gasteiger partial charge in [-0.25, -0.2) is 0 Å². The molecule has 38 heavy (non-hydrogen) atoms. The van der Waals surface area contributed by atoms with Crippen LogP contribution < -0.4 is 0 Å². The van der Waals surface area contributed by atoms with Crippen LogP contribution in [0.1, 0.15) is 27.0 Å². The molecule has 3 aliphatic rings. The van der Waals surface area contributed by atoms with Crippen molar-refractivity contribution < 1.29 is 19.2 Å². The van der Waals surface area contributed by atoms with E-state index in [1.807, 2.05) is 79.7 Å². The number of amides is 4. The van der Waals surface area contributed by atoms with E-state index < -0.39 is 23.4 Å². The Labute approximate surface area is 221 Å². The second kappa shape index (κ2) is 8.94. The number of imide groups is 1. The first-order chi connectivity index (χ1) is 18.3. The van der Waals surface area contributed by atoms with Gasteiger partial charge in [0.05, 0.1) is 24.4 Å². The van der Waals surface area contributed by atoms with Crippen molar-refractivity contribution in [1.29, 1.82) is 0 Å². The number of aryl methyl sites for hydroxylation is 1. The van der Waals surface area contributed by atoms with Gasteiger partial charge in [-0.2, -0.15) is 0 Å². The van der Waals surface area contributed by atoms with E-state index in [-0.39, 0.29) is 43.1 Å². The lowest BCUT2D eigenvalue weighted by Gasteiger charge is -2.49. The average Bonchev–Trinajstić information content (AvgIpc) is 3.31. The van der Waals surface area contributed by atoms with Crippen LogP contribution in [-0.2, 0) is 27.3 Å². The zero-order valence-electron chi connectivity index (χ0n) is 21.4. The van der Waals surface area contributed by atoms with Crippen molar-refractivity contribution in [3.63, 3.8) is 0 Å². The molecule has 3 aromatic rings. The van der Waals surface area contributed by atoms with Gasteiger partial charge in [0.1, 0.15) is 5.54 Å². The van der Waals surface area contributed by atoms with Crippen LogP contribution in [0.25, 0.3) is 0 Å². The summed E-state index contributed by atoms with van der Waals surface area (Å²) in [6.07, 6.45) is 0.157. The first-order valence-corrected chi connectivity index (χ1v) is 12.9. The summed E-state index contributed by atoms with van der Waals surface area (Å²) in [4.78, 5) is 60.9. The molecule has 6 rings (SSSR count). The molecule has 4 amide bonds. The monoisotopic (exact) mass is 507 g/mol. The molecule has 4 atom stereocenters. The number of fused-ring (bicyclic) bond motifs is 5. The number of rotatable bonds is 5. The van der Waals surface area contributed by atoms with Crippen molar-refractivity contribution in [2.24, 2.45) is 11.8 Å². The second-order valence-electron chi connectivity index (χ2n) is 10.6. The number of benzene rings is 3. The van der Waals surface area contributed by atoms with Crippen LogP contribution in [0.4, 0.5) is 0 Å². The second-order valence-corrected chi connectivity index (χ2v) is 10.6. The van der Waals surface area contributed by atoms with E-state index >= 15 is 0 Å². The molecule has 7 heteroatoms. The van der Waals surface area contributed by atoms with Crippen LogP contribution in [-0.4, -0.2) is 63.5 Å². The van der Waals surface area contributed by atoms with Gasteiger partial charge in [-0.15, -0.1) is 0 Å². The number of likely N-dealkylation sites (tertiary alicyclic amines) is 2. The number of hydrogen-bond acceptors (Lipinski definition) is 4. The SMILES string of the molecule is Cc1ccc(C(=O)N2[C@@H]3CN(C)C(=O)[C@@]2(Cc2ccccc2)[C@H]2C(=O)N(Cc4ccccc4)C(=O)[C@@H]32)cc1. The maximum Gasteiger partial charge on any atom is 0.255 e. The van der Waals surface area contributed by atoms with Gasteiger partial charge in [0.2, 0.25) is 17.7 Å². The van der Waals surface area contributed by atoms with Gasteiger partial charge in [-0.05, 0) is 30.2 Å². The molecule has 3 fully saturated rings. The van der Waals surface area contributed by atoms with Crippen molar-refractivity contribution >= 4 is 23.6 Å². The Kier molecular flexibility index (Phi) is 5.67. The van der Waals surface area contributed by atoms with E-state index in [9.17, 15) is 19.2 Å². The molecule has 3 saturated heterocycles. The fourth-order valence-corrected chi connectivity index (χ4v) is 6.64. The van der Waals surface area contributed by atoms with Crippen LogP contribution in [0.2, 0.25) is 0 Å². The lowest BCUT2D eigenvalue weighted by atomic mass is 9.75. The van der Waals surface area contributed by atoms with Crippen LogP contribution in [0, 0.1) is 18.8 Å². The summed E-state index contributed by atoms with van der Waals surface area (Å²) in [5, 5.41) is 0. The zero-order chi connectivity index (χ0) is 26.6. The number of piperazine rings is 1. The van der Waals surface area contributed by atoms with Gasteiger partial charge in [0.25, 0.3) is 5.91 Å². The van der Waals surface area contributed by atoms with Gasteiger partial charge in [-0.1, -0.05) is 78.4 Å². The zero-order valence-corrected chi connectivity index (χ0v) is 21.4. The molecule has 0 unspecified atom stereocenters. The number of nitrogens with zero attached hydrogens (tertiary/aromatic N) is 3. The molecule has 0 aromatic heterocycles. The van der Waals surface area contributed by atoms with Gasteiger partial charge < -0.3 is 9.80 Å². The van der Waals surface area contributed by atoms with Crippen molar-refractivity contribution in [3.05, 3.63) is 107 Å². The van der Waals surface area contributed by atoms with Crippen molar-refractivity contribution in [2.75, 3.05) is 13.6 Å². The Morgan fingerprint density at radius 3 is 2.08 bits per heavy atom. The molecular weight excluding hydrogens is 478 g/mol. The Hall–Kier alpha value is -4.26. The van der Waals surface area contributed by atoms with Gasteiger partial charge >= 0.3 is 0 Å². The van der Waals surface area contributed by atoms with Gasteiger partial charge in [-0.3, -0.25) is 24.1 Å². The van der Waals surface area contributed by atoms with E-state index in [0.29, 0.717) is 5.56 Å². The molecule has 192 valence electrons. The number of carbonyl (C=O) groups excluding carboxylic acids is 4. The molecule has 0 radical (unpaired) electrons. The van der Waals surface area contributed by atoms with Crippen LogP contribution in [0.5, 0.6) is 0 Å². The lowest BCUT2D eigenvalue weighted by molar-refractivity contribution is -0.155. The summed E-state index contributed by atoms with van der Waals surface area (Å²) < 4.78 is 0. The third kappa shape index (κ3) is 3.49. The average molecular weight is 508 g/mol. The van der Waals surface area contributed by atoms with Crippen LogP contribution >= 0.6 is 0 Å². The summed E-state index contributed by atoms with van der Waals surface area (Å²) in [5.74, 6) is -3.04. The Balaban J connectivity index is 1.50. The summed E-state index contributed by atoms with van der Waals surface area (Å²) in [7, 11) is 1.69. The molecule has 0 aliphatic carbocycles. The summed E-state index contributed by atoms with van der Waals surface area (Å²) in [6, 6.07) is 25.4. The van der Waals surface area contributed by atoms with Crippen molar-refractivity contribution in [1.82, 2.24) is 14.7 Å². The molecule has 2 bridgehead atoms. The molecule has 3 aliphatic heterocycles. The highest BCUT2D eigenvalue weighted by Crippen LogP contribution is 2.54. The van der Waals surface area contributed by atoms with E-state index in [2.05, 4.69) is 0 Å². The van der Waals surface area contributed by atoms with Gasteiger partial charge in [0, 0.05) is 25.6 Å². The van der Waals surface area contributed by atoms with Crippen LogP contribution in [0.15, 0.2) is 84.9 Å². The molecule has 3 aromatic carbocycles. The Morgan fingerprint density at radius 1 is 0.842 bits per heavy atom. The Bertz CT molecular complexity index is 1420. The largest absolute Gasteiger partial charge is 0.342 e. The first kappa shape index (κ1) is 24.1. The third-order valence-corrected chi connectivity index (χ3v) is 8.33. The predicted octanol–water partition coefficient (Wildman–Crippen LogP) is 3.07. The molecule has 7 nitrogen and oxygen atoms in total. The standard InChI is InChI=1S/C31H29N3O4/c1-20-13-15-23(16-14-20)27(35)34-24-19-32(2)30(38)31(34,17-21-9-5-3-6-10-21)26-25(24)28(36)33(29(26)37)18-22-11-7-4-8-12-22/h3-16,24-26H,17-19H2,1-2H3/t24-,25+,26-,31-/m1/s1. The highest BCUT2D eigenvalue weighted by Gasteiger charge is 2.75. The van der Waals surface area contributed by atoms with Crippen LogP contribution in [0.3, 0.4) is 0 Å². The van der Waals surface area contributed by atoms with Crippen molar-refractivity contribution in [3.8, 4) is 0 Å². The number of hydrogen-bond donors (Lipinski definition) is 0. The summed E-state index contributed by atoms with van der Waals surface area (Å²) in [6.45, 7) is 2.29. The highest BCUT2D eigenvalue weighted by molar-refractivity contribution is 6.13. The normalized spacial score (nSPS) is 26.2. The Morgan fingerprint density at radius 2 is 1.45 bits per heavy atom. The molecule has 3 heterocycles. The van der Waals surface area contributed by atoms with E-state index in [0.717, 1.165) is 16.7 Å². The fourth-order valence-electron chi connectivity index (χ4n) is 6.64. The number of carbonyl (C=O) groups is 4. The predicted molar refractivity (Wildman–Crippen MR) is 141 cm³/mol. The minimum Gasteiger partial charge on any atom is -0.342 e. The minimum atomic E-state index is -1.50. The smallest absolute Gasteiger partial charge is 0.255 e. The van der Waals surface area contributed by atoms with E-state index in [4.69, 9.17) is 0 Å². The van der Waals surface area contributed by atoms with E-state index in [1.165, 1.54) is 4.90 Å². The maximum absolute atomic E-state index is 14.2. The topological polar surface area (TPSA) is 78.0 Å². The van der Waals surface area contributed by atoms with Crippen molar-refractivity contribution in [2.45, 2.75) is 31.5 Å². The van der Waals surface area contributed by atoms with Gasteiger partial charge in [0.15, 0.2) is 0 Å². The third-order valence-electron chi connectivity index (χ3n) is 8.33. The molecule has 0 N–H and O–H groups in total. The first-order valence-electron chi connectivity index (χ1n) is 12.9. The number of likely N-dealkylation sites (N-methyl/N-ethyl adjacent to an activating group) is 1. The maximum atomic E-state index is 14.2. The lowest BCUT2D eigenvalue weighted by Crippen LogP contribution is -2.69. The molecule has 0 saturated carbocycles.